The van der Waals surface area contributed by atoms with Crippen molar-refractivity contribution in [2.75, 3.05) is 6.61 Å². The number of aromatic nitrogens is 3. The molecule has 0 aliphatic heterocycles. The van der Waals surface area contributed by atoms with Gasteiger partial charge in [-0.25, -0.2) is 0 Å². The van der Waals surface area contributed by atoms with Gasteiger partial charge in [0.25, 0.3) is 0 Å². The first-order valence-corrected chi connectivity index (χ1v) is 5.23. The molecule has 1 aromatic heterocycles. The van der Waals surface area contributed by atoms with Gasteiger partial charge >= 0.3 is 0 Å². The van der Waals surface area contributed by atoms with Gasteiger partial charge in [0.2, 0.25) is 5.28 Å². The summed E-state index contributed by atoms with van der Waals surface area (Å²) in [5, 5.41) is 7.84. The predicted octanol–water partition coefficient (Wildman–Crippen LogP) is 2.14. The van der Waals surface area contributed by atoms with Gasteiger partial charge in [-0.15, -0.1) is 10.2 Å². The summed E-state index contributed by atoms with van der Waals surface area (Å²) in [5.41, 5.74) is 0. The lowest BCUT2D eigenvalue weighted by Crippen LogP contribution is -2.05. The number of nitrogens with zero attached hydrogens (tertiary/aromatic N) is 3. The number of aryl methyl sites for hydroxylation is 1. The SMILES string of the molecule is CC(C)OCCCCn1cnnc1Cl. The van der Waals surface area contributed by atoms with Crippen LogP contribution >= 0.6 is 11.6 Å². The van der Waals surface area contributed by atoms with Crippen LogP contribution in [0.3, 0.4) is 0 Å². The third kappa shape index (κ3) is 4.07. The minimum Gasteiger partial charge on any atom is -0.379 e. The first kappa shape index (κ1) is 11.5. The molecule has 14 heavy (non-hydrogen) atoms. The fraction of sp³-hybridized carbons (Fsp3) is 0.778. The largest absolute Gasteiger partial charge is 0.379 e. The molecule has 0 radical (unpaired) electrons. The number of hydrogen-bond donors (Lipinski definition) is 0. The molecule has 1 aromatic rings. The molecule has 1 heterocycles. The Bertz CT molecular complexity index is 262. The number of hydrogen-bond acceptors (Lipinski definition) is 3. The van der Waals surface area contributed by atoms with Crippen molar-refractivity contribution in [2.45, 2.75) is 39.3 Å². The fourth-order valence-electron chi connectivity index (χ4n) is 1.09. The zero-order chi connectivity index (χ0) is 10.4. The molecule has 0 aromatic carbocycles. The molecule has 0 saturated carbocycles. The van der Waals surface area contributed by atoms with Crippen LogP contribution in [0.15, 0.2) is 6.33 Å². The highest BCUT2D eigenvalue weighted by Gasteiger charge is 1.99. The van der Waals surface area contributed by atoms with E-state index in [0.29, 0.717) is 11.4 Å². The number of unbranched alkanes of at least 4 members (excludes halogenated alkanes) is 1. The average molecular weight is 218 g/mol. The molecule has 4 nitrogen and oxygen atoms in total. The Hall–Kier alpha value is -0.610. The predicted molar refractivity (Wildman–Crippen MR) is 55.4 cm³/mol. The molecule has 0 saturated heterocycles. The molecule has 0 spiro atoms. The van der Waals surface area contributed by atoms with Gasteiger partial charge in [-0.1, -0.05) is 0 Å². The maximum Gasteiger partial charge on any atom is 0.224 e. The highest BCUT2D eigenvalue weighted by Crippen LogP contribution is 2.05. The lowest BCUT2D eigenvalue weighted by atomic mass is 10.3. The van der Waals surface area contributed by atoms with Crippen LogP contribution in [0.1, 0.15) is 26.7 Å². The van der Waals surface area contributed by atoms with E-state index in [9.17, 15) is 0 Å². The van der Waals surface area contributed by atoms with E-state index in [2.05, 4.69) is 10.2 Å². The minimum absolute atomic E-state index is 0.313. The summed E-state index contributed by atoms with van der Waals surface area (Å²) in [5.74, 6) is 0. The molecule has 0 aliphatic carbocycles. The molecule has 0 atom stereocenters. The second-order valence-electron chi connectivity index (χ2n) is 3.42. The van der Waals surface area contributed by atoms with Crippen molar-refractivity contribution in [1.29, 1.82) is 0 Å². The van der Waals surface area contributed by atoms with E-state index in [1.165, 1.54) is 0 Å². The number of ether oxygens (including phenoxy) is 1. The van der Waals surface area contributed by atoms with Crippen molar-refractivity contribution < 1.29 is 4.74 Å². The standard InChI is InChI=1S/C9H16ClN3O/c1-8(2)14-6-4-3-5-13-7-11-12-9(13)10/h7-8H,3-6H2,1-2H3. The third-order valence-electron chi connectivity index (χ3n) is 1.81. The Kier molecular flexibility index (Phi) is 4.90. The highest BCUT2D eigenvalue weighted by molar-refractivity contribution is 6.28. The molecule has 0 fully saturated rings. The third-order valence-corrected chi connectivity index (χ3v) is 2.11. The first-order chi connectivity index (χ1) is 6.70. The van der Waals surface area contributed by atoms with Gasteiger partial charge in [-0.3, -0.25) is 0 Å². The van der Waals surface area contributed by atoms with Gasteiger partial charge in [0, 0.05) is 13.2 Å². The van der Waals surface area contributed by atoms with Gasteiger partial charge in [-0.2, -0.15) is 0 Å². The van der Waals surface area contributed by atoms with Gasteiger partial charge in [0.05, 0.1) is 6.10 Å². The summed E-state index contributed by atoms with van der Waals surface area (Å²) < 4.78 is 7.25. The minimum atomic E-state index is 0.313. The van der Waals surface area contributed by atoms with E-state index < -0.39 is 0 Å². The van der Waals surface area contributed by atoms with Crippen LogP contribution in [-0.2, 0) is 11.3 Å². The summed E-state index contributed by atoms with van der Waals surface area (Å²) in [6, 6.07) is 0. The average Bonchev–Trinajstić information content (AvgIpc) is 2.51. The normalized spacial score (nSPS) is 11.1. The molecular formula is C9H16ClN3O. The van der Waals surface area contributed by atoms with Crippen molar-refractivity contribution in [3.8, 4) is 0 Å². The number of rotatable bonds is 6. The molecule has 0 N–H and O–H groups in total. The van der Waals surface area contributed by atoms with Crippen molar-refractivity contribution in [2.24, 2.45) is 0 Å². The Morgan fingerprint density at radius 2 is 2.29 bits per heavy atom. The van der Waals surface area contributed by atoms with Crippen molar-refractivity contribution in [3.63, 3.8) is 0 Å². The van der Waals surface area contributed by atoms with Gasteiger partial charge in [0.15, 0.2) is 0 Å². The van der Waals surface area contributed by atoms with Gasteiger partial charge in [0.1, 0.15) is 6.33 Å². The number of halogens is 1. The van der Waals surface area contributed by atoms with Crippen LogP contribution < -0.4 is 0 Å². The van der Waals surface area contributed by atoms with Crippen LogP contribution in [0, 0.1) is 0 Å². The summed E-state index contributed by atoms with van der Waals surface area (Å²) in [6.45, 7) is 5.73. The zero-order valence-electron chi connectivity index (χ0n) is 8.61. The second-order valence-corrected chi connectivity index (χ2v) is 3.76. The lowest BCUT2D eigenvalue weighted by molar-refractivity contribution is 0.0754. The topological polar surface area (TPSA) is 39.9 Å². The lowest BCUT2D eigenvalue weighted by Gasteiger charge is -2.07. The van der Waals surface area contributed by atoms with E-state index >= 15 is 0 Å². The van der Waals surface area contributed by atoms with E-state index in [0.717, 1.165) is 26.0 Å². The van der Waals surface area contributed by atoms with Crippen LogP contribution in [0.25, 0.3) is 0 Å². The second kappa shape index (κ2) is 5.98. The van der Waals surface area contributed by atoms with Gasteiger partial charge < -0.3 is 9.30 Å². The molecule has 0 bridgehead atoms. The fourth-order valence-corrected chi connectivity index (χ4v) is 1.27. The van der Waals surface area contributed by atoms with Crippen LogP contribution in [-0.4, -0.2) is 27.5 Å². The molecule has 5 heteroatoms. The Morgan fingerprint density at radius 3 is 2.86 bits per heavy atom. The molecule has 0 amide bonds. The smallest absolute Gasteiger partial charge is 0.224 e. The van der Waals surface area contributed by atoms with E-state index in [1.807, 2.05) is 18.4 Å². The Balaban J connectivity index is 2.08. The van der Waals surface area contributed by atoms with Crippen molar-refractivity contribution in [1.82, 2.24) is 14.8 Å². The van der Waals surface area contributed by atoms with E-state index in [-0.39, 0.29) is 0 Å². The van der Waals surface area contributed by atoms with E-state index in [4.69, 9.17) is 16.3 Å². The van der Waals surface area contributed by atoms with Crippen LogP contribution in [0.2, 0.25) is 5.28 Å². The monoisotopic (exact) mass is 217 g/mol. The molecule has 0 aliphatic rings. The molecular weight excluding hydrogens is 202 g/mol. The Morgan fingerprint density at radius 1 is 1.50 bits per heavy atom. The quantitative estimate of drug-likeness (QED) is 0.686. The first-order valence-electron chi connectivity index (χ1n) is 4.85. The highest BCUT2D eigenvalue weighted by atomic mass is 35.5. The summed E-state index contributed by atoms with van der Waals surface area (Å²) in [6.07, 6.45) is 4.02. The van der Waals surface area contributed by atoms with Crippen molar-refractivity contribution in [3.05, 3.63) is 11.6 Å². The zero-order valence-corrected chi connectivity index (χ0v) is 9.37. The Labute approximate surface area is 89.2 Å². The molecule has 1 rings (SSSR count). The van der Waals surface area contributed by atoms with Crippen LogP contribution in [0.5, 0.6) is 0 Å². The molecule has 80 valence electrons. The maximum absolute atomic E-state index is 5.76. The van der Waals surface area contributed by atoms with E-state index in [1.54, 1.807) is 6.33 Å². The maximum atomic E-state index is 5.76. The summed E-state index contributed by atoms with van der Waals surface area (Å²) in [7, 11) is 0. The van der Waals surface area contributed by atoms with Crippen LogP contribution in [0.4, 0.5) is 0 Å². The summed E-state index contributed by atoms with van der Waals surface area (Å²) in [4.78, 5) is 0. The van der Waals surface area contributed by atoms with Gasteiger partial charge in [-0.05, 0) is 38.3 Å². The molecule has 0 unspecified atom stereocenters. The van der Waals surface area contributed by atoms with Crippen molar-refractivity contribution >= 4 is 11.6 Å². The summed E-state index contributed by atoms with van der Waals surface area (Å²) >= 11 is 5.76.